The molecule has 0 atom stereocenters. The van der Waals surface area contributed by atoms with Crippen molar-refractivity contribution < 1.29 is 4.42 Å². The molecule has 0 aliphatic heterocycles. The lowest BCUT2D eigenvalue weighted by molar-refractivity contribution is 0.670. The number of fused-ring (bicyclic) bond motifs is 9. The highest BCUT2D eigenvalue weighted by Gasteiger charge is 2.18. The van der Waals surface area contributed by atoms with E-state index in [0.29, 0.717) is 5.95 Å². The van der Waals surface area contributed by atoms with Crippen molar-refractivity contribution in [2.45, 2.75) is 0 Å². The zero-order valence-electron chi connectivity index (χ0n) is 23.9. The van der Waals surface area contributed by atoms with Gasteiger partial charge in [-0.25, -0.2) is 9.97 Å². The van der Waals surface area contributed by atoms with Crippen LogP contribution >= 0.6 is 11.3 Å². The summed E-state index contributed by atoms with van der Waals surface area (Å²) in [7, 11) is 0. The van der Waals surface area contributed by atoms with Gasteiger partial charge in [-0.05, 0) is 42.0 Å². The van der Waals surface area contributed by atoms with Crippen LogP contribution in [0.2, 0.25) is 0 Å². The van der Waals surface area contributed by atoms with Crippen molar-refractivity contribution in [3.05, 3.63) is 140 Å². The number of furan rings is 1. The van der Waals surface area contributed by atoms with Gasteiger partial charge in [0.1, 0.15) is 11.2 Å². The van der Waals surface area contributed by atoms with E-state index < -0.39 is 0 Å². The largest absolute Gasteiger partial charge is 0.455 e. The molecule has 4 aromatic heterocycles. The predicted molar refractivity (Wildman–Crippen MR) is 187 cm³/mol. The first-order chi connectivity index (χ1) is 22.3. The quantitative estimate of drug-likeness (QED) is 0.205. The Morgan fingerprint density at radius 3 is 2.20 bits per heavy atom. The molecule has 0 saturated carbocycles. The minimum Gasteiger partial charge on any atom is -0.455 e. The van der Waals surface area contributed by atoms with Crippen molar-refractivity contribution >= 4 is 75.3 Å². The number of nitrogens with zero attached hydrogens (tertiary/aromatic N) is 3. The summed E-state index contributed by atoms with van der Waals surface area (Å²) in [5.74, 6) is 0.661. The minimum absolute atomic E-state index is 0.661. The molecule has 0 fully saturated rings. The summed E-state index contributed by atoms with van der Waals surface area (Å²) in [4.78, 5) is 9.93. The van der Waals surface area contributed by atoms with Gasteiger partial charge < -0.3 is 4.42 Å². The molecule has 45 heavy (non-hydrogen) atoms. The first-order valence-corrected chi connectivity index (χ1v) is 15.8. The molecule has 4 heterocycles. The number of aromatic nitrogens is 3. The monoisotopic (exact) mass is 593 g/mol. The molecule has 10 aromatic rings. The lowest BCUT2D eigenvalue weighted by Gasteiger charge is -2.09. The molecule has 0 bridgehead atoms. The van der Waals surface area contributed by atoms with E-state index >= 15 is 0 Å². The summed E-state index contributed by atoms with van der Waals surface area (Å²) in [5.41, 5.74) is 8.12. The molecular weight excluding hydrogens is 571 g/mol. The normalized spacial score (nSPS) is 12.0. The van der Waals surface area contributed by atoms with E-state index in [1.807, 2.05) is 35.7 Å². The van der Waals surface area contributed by atoms with Gasteiger partial charge in [0.2, 0.25) is 5.95 Å². The van der Waals surface area contributed by atoms with Gasteiger partial charge in [0, 0.05) is 59.0 Å². The Labute approximate surface area is 261 Å². The molecule has 6 aromatic carbocycles. The smallest absolute Gasteiger partial charge is 0.235 e. The summed E-state index contributed by atoms with van der Waals surface area (Å²) in [6.07, 6.45) is 1.86. The SMILES string of the molecule is c1ccc2c(c1)oc1c(-c3ccc(-c4ccnc(-n5c6ccccc6c6cc7sc8ccccc8c7cc65)n4)cc3)cccc12. The topological polar surface area (TPSA) is 43.9 Å². The average molecular weight is 594 g/mol. The van der Waals surface area contributed by atoms with Crippen LogP contribution in [0, 0.1) is 0 Å². The van der Waals surface area contributed by atoms with Gasteiger partial charge >= 0.3 is 0 Å². The van der Waals surface area contributed by atoms with E-state index in [2.05, 4.69) is 120 Å². The molecule has 0 unspecified atom stereocenters. The maximum atomic E-state index is 6.30. The van der Waals surface area contributed by atoms with Crippen LogP contribution in [0.15, 0.2) is 144 Å². The summed E-state index contributed by atoms with van der Waals surface area (Å²) >= 11 is 1.84. The fourth-order valence-electron chi connectivity index (χ4n) is 6.81. The highest BCUT2D eigenvalue weighted by Crippen LogP contribution is 2.40. The summed E-state index contributed by atoms with van der Waals surface area (Å²) in [6.45, 7) is 0. The van der Waals surface area contributed by atoms with Crippen molar-refractivity contribution in [3.63, 3.8) is 0 Å². The third-order valence-corrected chi connectivity index (χ3v) is 10.0. The van der Waals surface area contributed by atoms with Crippen molar-refractivity contribution in [1.82, 2.24) is 14.5 Å². The van der Waals surface area contributed by atoms with Crippen LogP contribution in [0.3, 0.4) is 0 Å². The molecule has 10 rings (SSSR count). The second kappa shape index (κ2) is 9.36. The van der Waals surface area contributed by atoms with Crippen LogP contribution in [-0.2, 0) is 0 Å². The van der Waals surface area contributed by atoms with Gasteiger partial charge in [0.15, 0.2) is 0 Å². The maximum absolute atomic E-state index is 6.30. The molecule has 0 aliphatic rings. The Hall–Kier alpha value is -5.78. The minimum atomic E-state index is 0.661. The zero-order valence-corrected chi connectivity index (χ0v) is 24.8. The van der Waals surface area contributed by atoms with Gasteiger partial charge in [-0.3, -0.25) is 4.57 Å². The van der Waals surface area contributed by atoms with Crippen LogP contribution in [0.1, 0.15) is 0 Å². The summed E-state index contributed by atoms with van der Waals surface area (Å²) in [6, 6.07) is 46.9. The van der Waals surface area contributed by atoms with Crippen molar-refractivity contribution in [3.8, 4) is 28.3 Å². The molecule has 0 spiro atoms. The fourth-order valence-corrected chi connectivity index (χ4v) is 7.94. The number of rotatable bonds is 3. The number of thiophene rings is 1. The lowest BCUT2D eigenvalue weighted by atomic mass is 10.0. The standard InChI is InChI=1S/C40H23N3OS/c1-4-13-34-27(8-1)31-23-38-32(29-10-3-6-15-37(29)45-38)22-35(31)43(34)40-41-21-20-33(42-40)25-18-16-24(17-19-25)26-11-7-12-30-28-9-2-5-14-36(28)44-39(26)30/h1-23H. The molecule has 0 aliphatic carbocycles. The molecule has 0 N–H and O–H groups in total. The van der Waals surface area contributed by atoms with Crippen molar-refractivity contribution in [2.75, 3.05) is 0 Å². The Kier molecular flexibility index (Phi) is 5.12. The Balaban J connectivity index is 1.11. The number of hydrogen-bond acceptors (Lipinski definition) is 4. The van der Waals surface area contributed by atoms with Crippen LogP contribution in [0.4, 0.5) is 0 Å². The van der Waals surface area contributed by atoms with E-state index in [1.54, 1.807) is 0 Å². The first-order valence-electron chi connectivity index (χ1n) is 15.0. The third kappa shape index (κ3) is 3.65. The number of para-hydroxylation sites is 3. The predicted octanol–water partition coefficient (Wildman–Crippen LogP) is 11.2. The fraction of sp³-hybridized carbons (Fsp3) is 0. The molecule has 5 heteroatoms. The molecule has 4 nitrogen and oxygen atoms in total. The third-order valence-electron chi connectivity index (χ3n) is 8.91. The molecule has 210 valence electrons. The van der Waals surface area contributed by atoms with Gasteiger partial charge in [0.25, 0.3) is 0 Å². The Bertz CT molecular complexity index is 2770. The van der Waals surface area contributed by atoms with E-state index in [4.69, 9.17) is 14.4 Å². The zero-order chi connectivity index (χ0) is 29.5. The van der Waals surface area contributed by atoms with Crippen LogP contribution in [0.25, 0.3) is 92.2 Å². The Morgan fingerprint density at radius 1 is 0.533 bits per heavy atom. The van der Waals surface area contributed by atoms with E-state index in [1.165, 1.54) is 30.9 Å². The highest BCUT2D eigenvalue weighted by atomic mass is 32.1. The van der Waals surface area contributed by atoms with Crippen molar-refractivity contribution in [1.29, 1.82) is 0 Å². The van der Waals surface area contributed by atoms with E-state index in [0.717, 1.165) is 55.4 Å². The first kappa shape index (κ1) is 24.6. The molecule has 0 radical (unpaired) electrons. The summed E-state index contributed by atoms with van der Waals surface area (Å²) in [5, 5.41) is 7.22. The highest BCUT2D eigenvalue weighted by molar-refractivity contribution is 7.25. The van der Waals surface area contributed by atoms with Gasteiger partial charge in [0.05, 0.1) is 16.7 Å². The van der Waals surface area contributed by atoms with Crippen LogP contribution in [0.5, 0.6) is 0 Å². The number of hydrogen-bond donors (Lipinski definition) is 0. The second-order valence-electron chi connectivity index (χ2n) is 11.4. The summed E-state index contributed by atoms with van der Waals surface area (Å²) < 4.78 is 11.1. The van der Waals surface area contributed by atoms with Crippen LogP contribution < -0.4 is 0 Å². The van der Waals surface area contributed by atoms with Crippen molar-refractivity contribution in [2.24, 2.45) is 0 Å². The van der Waals surface area contributed by atoms with Crippen LogP contribution in [-0.4, -0.2) is 14.5 Å². The van der Waals surface area contributed by atoms with E-state index in [-0.39, 0.29) is 0 Å². The van der Waals surface area contributed by atoms with E-state index in [9.17, 15) is 0 Å². The molecule has 0 amide bonds. The molecule has 0 saturated heterocycles. The van der Waals surface area contributed by atoms with Gasteiger partial charge in [-0.2, -0.15) is 0 Å². The average Bonchev–Trinajstić information content (AvgIpc) is 3.76. The lowest BCUT2D eigenvalue weighted by Crippen LogP contribution is -2.01. The molecular formula is C40H23N3OS. The maximum Gasteiger partial charge on any atom is 0.235 e. The second-order valence-corrected chi connectivity index (χ2v) is 12.5. The van der Waals surface area contributed by atoms with Gasteiger partial charge in [-0.1, -0.05) is 97.1 Å². The number of benzene rings is 6. The van der Waals surface area contributed by atoms with Gasteiger partial charge in [-0.15, -0.1) is 11.3 Å². The Morgan fingerprint density at radius 2 is 1.29 bits per heavy atom.